The maximum Gasteiger partial charge on any atom is 0.407 e. The minimum Gasteiger partial charge on any atom is -0.444 e. The second-order valence-corrected chi connectivity index (χ2v) is 13.5. The molecule has 4 aromatic rings. The number of rotatable bonds is 6. The Balaban J connectivity index is 1.45. The zero-order chi connectivity index (χ0) is 30.2. The van der Waals surface area contributed by atoms with Crippen LogP contribution in [0.1, 0.15) is 52.0 Å². The zero-order valence-electron chi connectivity index (χ0n) is 23.9. The molecule has 0 spiro atoms. The Kier molecular flexibility index (Phi) is 7.98. The van der Waals surface area contributed by atoms with Crippen molar-refractivity contribution in [3.05, 3.63) is 78.1 Å². The molecule has 222 valence electrons. The average Bonchev–Trinajstić information content (AvgIpc) is 3.29. The first-order valence-electron chi connectivity index (χ1n) is 13.8. The lowest BCUT2D eigenvalue weighted by Gasteiger charge is -2.31. The van der Waals surface area contributed by atoms with Gasteiger partial charge in [-0.3, -0.25) is 0 Å². The third-order valence-electron chi connectivity index (χ3n) is 7.19. The summed E-state index contributed by atoms with van der Waals surface area (Å²) in [7, 11) is -4.05. The molecule has 0 radical (unpaired) electrons. The van der Waals surface area contributed by atoms with Crippen molar-refractivity contribution in [3.8, 4) is 11.1 Å². The van der Waals surface area contributed by atoms with Crippen LogP contribution in [-0.2, 0) is 14.8 Å². The highest BCUT2D eigenvalue weighted by atomic mass is 32.2. The summed E-state index contributed by atoms with van der Waals surface area (Å²) in [6.45, 7) is 7.25. The van der Waals surface area contributed by atoms with Gasteiger partial charge in [0.25, 0.3) is 10.0 Å². The molecule has 1 fully saturated rings. The van der Waals surface area contributed by atoms with E-state index in [1.165, 1.54) is 36.5 Å². The number of anilines is 1. The minimum atomic E-state index is -4.05. The molecule has 0 aliphatic heterocycles. The van der Waals surface area contributed by atoms with E-state index in [0.29, 0.717) is 17.5 Å². The van der Waals surface area contributed by atoms with E-state index in [2.05, 4.69) is 15.6 Å². The number of hydrogen-bond donors (Lipinski definition) is 2. The fourth-order valence-corrected chi connectivity index (χ4v) is 6.56. The van der Waals surface area contributed by atoms with Gasteiger partial charge in [-0.25, -0.2) is 30.9 Å². The van der Waals surface area contributed by atoms with Gasteiger partial charge in [-0.2, -0.15) is 0 Å². The molecule has 0 unspecified atom stereocenters. The van der Waals surface area contributed by atoms with Crippen LogP contribution in [0.5, 0.6) is 0 Å². The van der Waals surface area contributed by atoms with Crippen molar-refractivity contribution in [2.45, 2.75) is 76.0 Å². The molecule has 8 nitrogen and oxygen atoms in total. The van der Waals surface area contributed by atoms with Gasteiger partial charge in [0.1, 0.15) is 17.2 Å². The topological polar surface area (TPSA) is 102 Å². The summed E-state index contributed by atoms with van der Waals surface area (Å²) >= 11 is 0. The number of aryl methyl sites for hydroxylation is 1. The normalized spacial score (nSPS) is 17.7. The number of halogens is 2. The summed E-state index contributed by atoms with van der Waals surface area (Å²) < 4.78 is 62.9. The molecule has 0 bridgehead atoms. The monoisotopic (exact) mass is 596 g/mol. The Morgan fingerprint density at radius 1 is 1.05 bits per heavy atom. The molecule has 1 saturated carbocycles. The van der Waals surface area contributed by atoms with Crippen LogP contribution in [0.4, 0.5) is 19.3 Å². The first-order valence-corrected chi connectivity index (χ1v) is 15.3. The van der Waals surface area contributed by atoms with Gasteiger partial charge in [0.05, 0.1) is 16.8 Å². The maximum absolute atomic E-state index is 15.0. The number of nitrogens with zero attached hydrogens (tertiary/aromatic N) is 2. The Labute approximate surface area is 244 Å². The number of hydrogen-bond acceptors (Lipinski definition) is 6. The zero-order valence-corrected chi connectivity index (χ0v) is 24.8. The molecular weight excluding hydrogens is 562 g/mol. The van der Waals surface area contributed by atoms with Gasteiger partial charge in [0.2, 0.25) is 0 Å². The SMILES string of the molecule is Cc1ccc(S(=O)(=O)n2cc(-c3ccc(F)c(N[C@H]4CCC[C@@H](NC(=O)OC(C)(C)C)C4)c3)c3cc(F)cnc32)cc1. The van der Waals surface area contributed by atoms with Crippen molar-refractivity contribution in [2.24, 2.45) is 0 Å². The van der Waals surface area contributed by atoms with E-state index in [9.17, 15) is 17.6 Å². The molecule has 0 saturated heterocycles. The largest absolute Gasteiger partial charge is 0.444 e. The standard InChI is InChI=1S/C31H34F2N4O4S/c1-19-8-11-24(12-9-19)42(39,40)37-18-26(25-15-21(32)17-34-29(25)37)20-10-13-27(33)28(14-20)35-22-6-5-7-23(16-22)36-30(38)41-31(2,3)4/h8-15,17-18,22-23,35H,5-7,16H2,1-4H3,(H,36,38)/t22-,23+/m0/s1. The second kappa shape index (κ2) is 11.4. The summed E-state index contributed by atoms with van der Waals surface area (Å²) in [5.41, 5.74) is 1.47. The van der Waals surface area contributed by atoms with Crippen LogP contribution in [0.25, 0.3) is 22.2 Å². The van der Waals surface area contributed by atoms with Gasteiger partial charge in [-0.1, -0.05) is 23.8 Å². The number of pyridine rings is 1. The molecule has 1 aliphatic rings. The molecule has 2 aromatic heterocycles. The molecule has 2 aromatic carbocycles. The van der Waals surface area contributed by atoms with Crippen molar-refractivity contribution in [2.75, 3.05) is 5.32 Å². The quantitative estimate of drug-likeness (QED) is 0.255. The van der Waals surface area contributed by atoms with Crippen LogP contribution >= 0.6 is 0 Å². The Morgan fingerprint density at radius 3 is 2.48 bits per heavy atom. The predicted molar refractivity (Wildman–Crippen MR) is 158 cm³/mol. The van der Waals surface area contributed by atoms with E-state index in [4.69, 9.17) is 4.74 Å². The number of carbonyl (C=O) groups excluding carboxylic acids is 1. The molecule has 2 atom stereocenters. The Morgan fingerprint density at radius 2 is 1.76 bits per heavy atom. The highest BCUT2D eigenvalue weighted by Crippen LogP contribution is 2.35. The molecule has 5 rings (SSSR count). The number of amides is 1. The number of fused-ring (bicyclic) bond motifs is 1. The third kappa shape index (κ3) is 6.41. The number of ether oxygens (including phenoxy) is 1. The molecule has 1 aliphatic carbocycles. The minimum absolute atomic E-state index is 0.0640. The van der Waals surface area contributed by atoms with E-state index in [-0.39, 0.29) is 33.7 Å². The lowest BCUT2D eigenvalue weighted by atomic mass is 9.90. The van der Waals surface area contributed by atoms with E-state index in [1.807, 2.05) is 6.92 Å². The molecular formula is C31H34F2N4O4S. The summed E-state index contributed by atoms with van der Waals surface area (Å²) in [5, 5.41) is 6.44. The summed E-state index contributed by atoms with van der Waals surface area (Å²) in [5.74, 6) is -1.11. The van der Waals surface area contributed by atoms with Gasteiger partial charge >= 0.3 is 6.09 Å². The number of benzene rings is 2. The smallest absolute Gasteiger partial charge is 0.407 e. The molecule has 2 heterocycles. The lowest BCUT2D eigenvalue weighted by Crippen LogP contribution is -2.43. The fourth-order valence-electron chi connectivity index (χ4n) is 5.24. The Bertz CT molecular complexity index is 1730. The van der Waals surface area contributed by atoms with E-state index >= 15 is 4.39 Å². The second-order valence-electron chi connectivity index (χ2n) is 11.7. The van der Waals surface area contributed by atoms with Crippen LogP contribution in [-0.4, -0.2) is 41.2 Å². The first-order chi connectivity index (χ1) is 19.8. The van der Waals surface area contributed by atoms with Gasteiger partial charge in [0.15, 0.2) is 5.65 Å². The van der Waals surface area contributed by atoms with Crippen LogP contribution in [0.15, 0.2) is 65.8 Å². The molecule has 42 heavy (non-hydrogen) atoms. The number of nitrogens with one attached hydrogen (secondary N) is 2. The number of carbonyl (C=O) groups is 1. The van der Waals surface area contributed by atoms with Gasteiger partial charge < -0.3 is 15.4 Å². The van der Waals surface area contributed by atoms with Crippen LogP contribution in [0, 0.1) is 18.6 Å². The fraction of sp³-hybridized carbons (Fsp3) is 0.355. The summed E-state index contributed by atoms with van der Waals surface area (Å²) in [6.07, 6.45) is 4.84. The molecule has 11 heteroatoms. The highest BCUT2D eigenvalue weighted by molar-refractivity contribution is 7.90. The highest BCUT2D eigenvalue weighted by Gasteiger charge is 2.27. The predicted octanol–water partition coefficient (Wildman–Crippen LogP) is 6.77. The van der Waals surface area contributed by atoms with E-state index in [1.54, 1.807) is 39.0 Å². The van der Waals surface area contributed by atoms with Crippen LogP contribution in [0.3, 0.4) is 0 Å². The molecule has 2 N–H and O–H groups in total. The summed E-state index contributed by atoms with van der Waals surface area (Å²) in [4.78, 5) is 16.4. The van der Waals surface area contributed by atoms with E-state index < -0.39 is 33.4 Å². The van der Waals surface area contributed by atoms with Crippen LogP contribution in [0.2, 0.25) is 0 Å². The van der Waals surface area contributed by atoms with E-state index in [0.717, 1.165) is 35.0 Å². The number of aromatic nitrogens is 2. The van der Waals surface area contributed by atoms with Crippen molar-refractivity contribution in [1.82, 2.24) is 14.3 Å². The summed E-state index contributed by atoms with van der Waals surface area (Å²) in [6, 6.07) is 11.8. The molecule has 1 amide bonds. The number of alkyl carbamates (subject to hydrolysis) is 1. The lowest BCUT2D eigenvalue weighted by molar-refractivity contribution is 0.0492. The van der Waals surface area contributed by atoms with Crippen molar-refractivity contribution in [1.29, 1.82) is 0 Å². The van der Waals surface area contributed by atoms with Crippen molar-refractivity contribution in [3.63, 3.8) is 0 Å². The van der Waals surface area contributed by atoms with Gasteiger partial charge in [0, 0.05) is 29.2 Å². The van der Waals surface area contributed by atoms with Crippen LogP contribution < -0.4 is 10.6 Å². The van der Waals surface area contributed by atoms with Crippen molar-refractivity contribution < 1.29 is 26.7 Å². The maximum atomic E-state index is 15.0. The third-order valence-corrected chi connectivity index (χ3v) is 8.85. The van der Waals surface area contributed by atoms with Crippen molar-refractivity contribution >= 4 is 32.8 Å². The van der Waals surface area contributed by atoms with Gasteiger partial charge in [-0.05, 0) is 89.3 Å². The average molecular weight is 597 g/mol. The van der Waals surface area contributed by atoms with Gasteiger partial charge in [-0.15, -0.1) is 0 Å². The Hall–Kier alpha value is -3.99. The first kappa shape index (κ1) is 29.5.